The van der Waals surface area contributed by atoms with E-state index in [0.717, 1.165) is 43.1 Å². The molecule has 5 heteroatoms. The normalized spacial score (nSPS) is 20.0. The van der Waals surface area contributed by atoms with Crippen molar-refractivity contribution in [3.8, 4) is 0 Å². The maximum atomic E-state index is 12.6. The van der Waals surface area contributed by atoms with Gasteiger partial charge in [0.15, 0.2) is 0 Å². The lowest BCUT2D eigenvalue weighted by atomic mass is 10.1. The SMILES string of the molecule is CCC1CN(C(=O)c2cc(C)nc(NC)c2)CCN1C. The van der Waals surface area contributed by atoms with Gasteiger partial charge in [-0.2, -0.15) is 0 Å². The first-order chi connectivity index (χ1) is 9.55. The second-order valence-electron chi connectivity index (χ2n) is 5.43. The summed E-state index contributed by atoms with van der Waals surface area (Å²) in [6.07, 6.45) is 1.07. The van der Waals surface area contributed by atoms with E-state index in [1.807, 2.05) is 31.0 Å². The lowest BCUT2D eigenvalue weighted by molar-refractivity contribution is 0.0541. The summed E-state index contributed by atoms with van der Waals surface area (Å²) in [5.41, 5.74) is 1.59. The molecule has 1 amide bonds. The number of amides is 1. The fourth-order valence-electron chi connectivity index (χ4n) is 2.67. The maximum Gasteiger partial charge on any atom is 0.254 e. The first-order valence-electron chi connectivity index (χ1n) is 7.21. The van der Waals surface area contributed by atoms with E-state index in [1.54, 1.807) is 0 Å². The van der Waals surface area contributed by atoms with Crippen LogP contribution in [0.5, 0.6) is 0 Å². The first kappa shape index (κ1) is 14.8. The topological polar surface area (TPSA) is 48.5 Å². The molecule has 1 unspecified atom stereocenters. The fourth-order valence-corrected chi connectivity index (χ4v) is 2.67. The molecule has 0 bridgehead atoms. The quantitative estimate of drug-likeness (QED) is 0.911. The molecule has 20 heavy (non-hydrogen) atoms. The smallest absolute Gasteiger partial charge is 0.254 e. The van der Waals surface area contributed by atoms with Gasteiger partial charge in [0, 0.05) is 44.0 Å². The van der Waals surface area contributed by atoms with Gasteiger partial charge in [0.1, 0.15) is 5.82 Å². The summed E-state index contributed by atoms with van der Waals surface area (Å²) >= 11 is 0. The molecular weight excluding hydrogens is 252 g/mol. The molecule has 0 spiro atoms. The summed E-state index contributed by atoms with van der Waals surface area (Å²) < 4.78 is 0. The Morgan fingerprint density at radius 1 is 1.45 bits per heavy atom. The number of carbonyl (C=O) groups excluding carboxylic acids is 1. The largest absolute Gasteiger partial charge is 0.373 e. The van der Waals surface area contributed by atoms with Crippen molar-refractivity contribution in [3.05, 3.63) is 23.4 Å². The molecule has 1 atom stereocenters. The van der Waals surface area contributed by atoms with Crippen molar-refractivity contribution in [1.82, 2.24) is 14.8 Å². The van der Waals surface area contributed by atoms with Crippen LogP contribution >= 0.6 is 0 Å². The van der Waals surface area contributed by atoms with E-state index in [2.05, 4.69) is 29.2 Å². The van der Waals surface area contributed by atoms with Gasteiger partial charge < -0.3 is 10.2 Å². The number of pyridine rings is 1. The monoisotopic (exact) mass is 276 g/mol. The number of anilines is 1. The highest BCUT2D eigenvalue weighted by atomic mass is 16.2. The predicted octanol–water partition coefficient (Wildman–Crippen LogP) is 1.60. The third-order valence-corrected chi connectivity index (χ3v) is 3.99. The zero-order valence-corrected chi connectivity index (χ0v) is 12.8. The maximum absolute atomic E-state index is 12.6. The number of piperazine rings is 1. The van der Waals surface area contributed by atoms with Crippen LogP contribution in [0.1, 0.15) is 29.4 Å². The minimum atomic E-state index is 0.110. The van der Waals surface area contributed by atoms with Gasteiger partial charge in [0.25, 0.3) is 5.91 Å². The molecule has 2 heterocycles. The van der Waals surface area contributed by atoms with Crippen molar-refractivity contribution in [2.75, 3.05) is 39.0 Å². The van der Waals surface area contributed by atoms with Crippen LogP contribution in [0.2, 0.25) is 0 Å². The number of aryl methyl sites for hydroxylation is 1. The molecule has 1 aliphatic rings. The highest BCUT2D eigenvalue weighted by Gasteiger charge is 2.27. The molecule has 1 saturated heterocycles. The first-order valence-corrected chi connectivity index (χ1v) is 7.21. The molecule has 5 nitrogen and oxygen atoms in total. The number of carbonyl (C=O) groups is 1. The molecule has 0 saturated carbocycles. The minimum absolute atomic E-state index is 0.110. The average Bonchev–Trinajstić information content (AvgIpc) is 2.46. The lowest BCUT2D eigenvalue weighted by Gasteiger charge is -2.39. The van der Waals surface area contributed by atoms with Crippen molar-refractivity contribution < 1.29 is 4.79 Å². The number of rotatable bonds is 3. The zero-order valence-electron chi connectivity index (χ0n) is 12.8. The molecular formula is C15H24N4O. The second-order valence-corrected chi connectivity index (χ2v) is 5.43. The molecule has 0 aromatic carbocycles. The van der Waals surface area contributed by atoms with Crippen LogP contribution in [0.3, 0.4) is 0 Å². The highest BCUT2D eigenvalue weighted by Crippen LogP contribution is 2.16. The molecule has 1 aliphatic heterocycles. The van der Waals surface area contributed by atoms with Crippen molar-refractivity contribution in [2.24, 2.45) is 0 Å². The Balaban J connectivity index is 2.17. The molecule has 1 aromatic heterocycles. The molecule has 0 aliphatic carbocycles. The van der Waals surface area contributed by atoms with E-state index in [0.29, 0.717) is 6.04 Å². The van der Waals surface area contributed by atoms with E-state index < -0.39 is 0 Å². The number of aromatic nitrogens is 1. The van der Waals surface area contributed by atoms with E-state index in [-0.39, 0.29) is 5.91 Å². The molecule has 110 valence electrons. The zero-order chi connectivity index (χ0) is 14.7. The number of nitrogens with one attached hydrogen (secondary N) is 1. The Hall–Kier alpha value is -1.62. The summed E-state index contributed by atoms with van der Waals surface area (Å²) in [7, 11) is 3.95. The Bertz CT molecular complexity index is 489. The van der Waals surface area contributed by atoms with Gasteiger partial charge in [-0.25, -0.2) is 4.98 Å². The Labute approximate surface area is 121 Å². The molecule has 2 rings (SSSR count). The van der Waals surface area contributed by atoms with E-state index >= 15 is 0 Å². The molecule has 0 radical (unpaired) electrons. The summed E-state index contributed by atoms with van der Waals surface area (Å²) in [5.74, 6) is 0.855. The summed E-state index contributed by atoms with van der Waals surface area (Å²) in [4.78, 5) is 21.3. The Morgan fingerprint density at radius 2 is 2.20 bits per heavy atom. The summed E-state index contributed by atoms with van der Waals surface area (Å²) in [6, 6.07) is 4.15. The van der Waals surface area contributed by atoms with Crippen LogP contribution in [0.15, 0.2) is 12.1 Å². The van der Waals surface area contributed by atoms with E-state index in [1.165, 1.54) is 0 Å². The molecule has 1 fully saturated rings. The number of hydrogen-bond donors (Lipinski definition) is 1. The number of nitrogens with zero attached hydrogens (tertiary/aromatic N) is 3. The third-order valence-electron chi connectivity index (χ3n) is 3.99. The van der Waals surface area contributed by atoms with Gasteiger partial charge in [-0.1, -0.05) is 6.92 Å². The molecule has 1 N–H and O–H groups in total. The summed E-state index contributed by atoms with van der Waals surface area (Å²) in [5, 5.41) is 3.00. The van der Waals surface area contributed by atoms with Gasteiger partial charge >= 0.3 is 0 Å². The van der Waals surface area contributed by atoms with Gasteiger partial charge in [-0.15, -0.1) is 0 Å². The van der Waals surface area contributed by atoms with Crippen LogP contribution in [-0.4, -0.2) is 60.5 Å². The number of likely N-dealkylation sites (N-methyl/N-ethyl adjacent to an activating group) is 1. The molecule has 1 aromatic rings. The van der Waals surface area contributed by atoms with Crippen LogP contribution in [0.25, 0.3) is 0 Å². The minimum Gasteiger partial charge on any atom is -0.373 e. The van der Waals surface area contributed by atoms with Gasteiger partial charge in [-0.3, -0.25) is 9.69 Å². The van der Waals surface area contributed by atoms with Crippen LogP contribution in [0.4, 0.5) is 5.82 Å². The van der Waals surface area contributed by atoms with E-state index in [9.17, 15) is 4.79 Å². The van der Waals surface area contributed by atoms with Gasteiger partial charge in [-0.05, 0) is 32.5 Å². The van der Waals surface area contributed by atoms with Gasteiger partial charge in [0.2, 0.25) is 0 Å². The highest BCUT2D eigenvalue weighted by molar-refractivity contribution is 5.95. The lowest BCUT2D eigenvalue weighted by Crippen LogP contribution is -2.53. The summed E-state index contributed by atoms with van der Waals surface area (Å²) in [6.45, 7) is 6.62. The third kappa shape index (κ3) is 3.10. The average molecular weight is 276 g/mol. The van der Waals surface area contributed by atoms with Crippen molar-refractivity contribution >= 4 is 11.7 Å². The fraction of sp³-hybridized carbons (Fsp3) is 0.600. The Kier molecular flexibility index (Phi) is 4.60. The van der Waals surface area contributed by atoms with Crippen LogP contribution in [-0.2, 0) is 0 Å². The predicted molar refractivity (Wildman–Crippen MR) is 81.1 cm³/mol. The van der Waals surface area contributed by atoms with E-state index in [4.69, 9.17) is 0 Å². The van der Waals surface area contributed by atoms with Crippen molar-refractivity contribution in [3.63, 3.8) is 0 Å². The van der Waals surface area contributed by atoms with Gasteiger partial charge in [0.05, 0.1) is 0 Å². The van der Waals surface area contributed by atoms with Crippen LogP contribution < -0.4 is 5.32 Å². The van der Waals surface area contributed by atoms with Crippen molar-refractivity contribution in [1.29, 1.82) is 0 Å². The van der Waals surface area contributed by atoms with Crippen LogP contribution in [0, 0.1) is 6.92 Å². The Morgan fingerprint density at radius 3 is 2.85 bits per heavy atom. The standard InChI is InChI=1S/C15H24N4O/c1-5-13-10-19(7-6-18(13)4)15(20)12-8-11(2)17-14(9-12)16-3/h8-9,13H,5-7,10H2,1-4H3,(H,16,17). The number of hydrogen-bond acceptors (Lipinski definition) is 4. The van der Waals surface area contributed by atoms with Crippen molar-refractivity contribution in [2.45, 2.75) is 26.3 Å². The second kappa shape index (κ2) is 6.22.